The normalized spacial score (nSPS) is 11.7. The maximum Gasteiger partial charge on any atom is 0.326 e. The molecule has 1 aromatic rings. The van der Waals surface area contributed by atoms with Gasteiger partial charge in [0.2, 0.25) is 0 Å². The molecule has 2 N–H and O–H groups in total. The van der Waals surface area contributed by atoms with E-state index in [1.165, 1.54) is 4.90 Å². The fourth-order valence-corrected chi connectivity index (χ4v) is 1.91. The highest BCUT2D eigenvalue weighted by atomic mass is 16.4. The van der Waals surface area contributed by atoms with Crippen LogP contribution in [-0.2, 0) is 11.2 Å². The molecule has 110 valence electrons. The minimum absolute atomic E-state index is 0.340. The number of carboxylic acid groups (broad SMARTS) is 1. The molecule has 0 aliphatic rings. The largest absolute Gasteiger partial charge is 0.480 e. The standard InChI is InChI=1S/C15H22N2O3/c1-3-11-17(2)15(20)16-13(14(18)19)10-9-12-7-5-4-6-8-12/h4-8,13H,3,9-11H2,1-2H3,(H,16,20)(H,18,19)/t13-/m0/s1. The Labute approximate surface area is 119 Å². The quantitative estimate of drug-likeness (QED) is 0.802. The van der Waals surface area contributed by atoms with Gasteiger partial charge in [0.05, 0.1) is 0 Å². The number of carbonyl (C=O) groups is 2. The van der Waals surface area contributed by atoms with Crippen molar-refractivity contribution < 1.29 is 14.7 Å². The Morgan fingerprint density at radius 2 is 1.95 bits per heavy atom. The van der Waals surface area contributed by atoms with Crippen LogP contribution in [0.3, 0.4) is 0 Å². The number of aryl methyl sites for hydroxylation is 1. The van der Waals surface area contributed by atoms with Crippen molar-refractivity contribution in [1.29, 1.82) is 0 Å². The number of urea groups is 1. The zero-order valence-electron chi connectivity index (χ0n) is 12.0. The second kappa shape index (κ2) is 8.19. The van der Waals surface area contributed by atoms with Crippen LogP contribution in [0.2, 0.25) is 0 Å². The van der Waals surface area contributed by atoms with Crippen LogP contribution in [0.5, 0.6) is 0 Å². The van der Waals surface area contributed by atoms with Crippen LogP contribution in [-0.4, -0.2) is 41.6 Å². The molecular weight excluding hydrogens is 256 g/mol. The topological polar surface area (TPSA) is 69.6 Å². The summed E-state index contributed by atoms with van der Waals surface area (Å²) in [5.74, 6) is -1.00. The summed E-state index contributed by atoms with van der Waals surface area (Å²) in [7, 11) is 1.66. The van der Waals surface area contributed by atoms with Gasteiger partial charge in [0.25, 0.3) is 0 Å². The van der Waals surface area contributed by atoms with E-state index < -0.39 is 12.0 Å². The molecular formula is C15H22N2O3. The van der Waals surface area contributed by atoms with E-state index in [0.29, 0.717) is 19.4 Å². The lowest BCUT2D eigenvalue weighted by molar-refractivity contribution is -0.139. The third kappa shape index (κ3) is 5.30. The van der Waals surface area contributed by atoms with E-state index in [4.69, 9.17) is 0 Å². The molecule has 0 bridgehead atoms. The summed E-state index contributed by atoms with van der Waals surface area (Å²) in [4.78, 5) is 24.5. The number of nitrogens with zero attached hydrogens (tertiary/aromatic N) is 1. The van der Waals surface area contributed by atoms with Crippen LogP contribution < -0.4 is 5.32 Å². The van der Waals surface area contributed by atoms with Gasteiger partial charge >= 0.3 is 12.0 Å². The molecule has 5 nitrogen and oxygen atoms in total. The fourth-order valence-electron chi connectivity index (χ4n) is 1.91. The van der Waals surface area contributed by atoms with Gasteiger partial charge in [0, 0.05) is 13.6 Å². The van der Waals surface area contributed by atoms with Crippen molar-refractivity contribution in [3.63, 3.8) is 0 Å². The molecule has 0 fully saturated rings. The van der Waals surface area contributed by atoms with Crippen LogP contribution in [0.25, 0.3) is 0 Å². The highest BCUT2D eigenvalue weighted by Gasteiger charge is 2.21. The third-order valence-electron chi connectivity index (χ3n) is 3.07. The van der Waals surface area contributed by atoms with Crippen LogP contribution in [0.4, 0.5) is 4.79 Å². The number of nitrogens with one attached hydrogen (secondary N) is 1. The van der Waals surface area contributed by atoms with Crippen LogP contribution in [0.1, 0.15) is 25.3 Å². The average molecular weight is 278 g/mol. The van der Waals surface area contributed by atoms with Gasteiger partial charge in [-0.2, -0.15) is 0 Å². The molecule has 0 radical (unpaired) electrons. The van der Waals surface area contributed by atoms with Crippen molar-refractivity contribution in [3.05, 3.63) is 35.9 Å². The van der Waals surface area contributed by atoms with E-state index in [1.807, 2.05) is 37.3 Å². The summed E-state index contributed by atoms with van der Waals surface area (Å²) in [5, 5.41) is 11.7. The number of carboxylic acids is 1. The third-order valence-corrected chi connectivity index (χ3v) is 3.07. The molecule has 2 amide bonds. The molecule has 0 aliphatic heterocycles. The monoisotopic (exact) mass is 278 g/mol. The zero-order valence-corrected chi connectivity index (χ0v) is 12.0. The fraction of sp³-hybridized carbons (Fsp3) is 0.467. The number of hydrogen-bond acceptors (Lipinski definition) is 2. The maximum absolute atomic E-state index is 11.8. The molecule has 1 aromatic carbocycles. The van der Waals surface area contributed by atoms with E-state index in [2.05, 4.69) is 5.32 Å². The van der Waals surface area contributed by atoms with Crippen LogP contribution in [0, 0.1) is 0 Å². The highest BCUT2D eigenvalue weighted by molar-refractivity contribution is 5.82. The molecule has 0 spiro atoms. The SMILES string of the molecule is CCCN(C)C(=O)N[C@@H](CCc1ccccc1)C(=O)O. The molecule has 0 unspecified atom stereocenters. The van der Waals surface area contributed by atoms with E-state index in [1.54, 1.807) is 7.05 Å². The van der Waals surface area contributed by atoms with Gasteiger partial charge in [-0.25, -0.2) is 9.59 Å². The average Bonchev–Trinajstić information content (AvgIpc) is 2.44. The summed E-state index contributed by atoms with van der Waals surface area (Å²) in [6.45, 7) is 2.57. The lowest BCUT2D eigenvalue weighted by Gasteiger charge is -2.21. The molecule has 0 heterocycles. The highest BCUT2D eigenvalue weighted by Crippen LogP contribution is 2.06. The number of amides is 2. The van der Waals surface area contributed by atoms with E-state index in [0.717, 1.165) is 12.0 Å². The predicted molar refractivity (Wildman–Crippen MR) is 77.6 cm³/mol. The number of rotatable bonds is 7. The smallest absolute Gasteiger partial charge is 0.326 e. The first-order valence-corrected chi connectivity index (χ1v) is 6.83. The van der Waals surface area contributed by atoms with Gasteiger partial charge in [-0.1, -0.05) is 37.3 Å². The van der Waals surface area contributed by atoms with E-state index in [-0.39, 0.29) is 6.03 Å². The predicted octanol–water partition coefficient (Wildman–Crippen LogP) is 2.12. The molecule has 20 heavy (non-hydrogen) atoms. The first-order valence-electron chi connectivity index (χ1n) is 6.83. The van der Waals surface area contributed by atoms with Gasteiger partial charge in [-0.3, -0.25) is 0 Å². The zero-order chi connectivity index (χ0) is 15.0. The Bertz CT molecular complexity index is 434. The number of carbonyl (C=O) groups excluding carboxylic acids is 1. The summed E-state index contributed by atoms with van der Waals surface area (Å²) in [5.41, 5.74) is 1.06. The molecule has 0 saturated heterocycles. The van der Waals surface area contributed by atoms with Gasteiger partial charge < -0.3 is 15.3 Å². The van der Waals surface area contributed by atoms with Gasteiger partial charge in [0.1, 0.15) is 6.04 Å². The Kier molecular flexibility index (Phi) is 6.56. The second-order valence-electron chi connectivity index (χ2n) is 4.79. The van der Waals surface area contributed by atoms with Crippen molar-refractivity contribution in [1.82, 2.24) is 10.2 Å². The molecule has 0 aliphatic carbocycles. The lowest BCUT2D eigenvalue weighted by Crippen LogP contribution is -2.47. The minimum Gasteiger partial charge on any atom is -0.480 e. The van der Waals surface area contributed by atoms with Gasteiger partial charge in [-0.05, 0) is 24.8 Å². The lowest BCUT2D eigenvalue weighted by atomic mass is 10.1. The summed E-state index contributed by atoms with van der Waals surface area (Å²) in [6, 6.07) is 8.44. The Hall–Kier alpha value is -2.04. The van der Waals surface area contributed by atoms with Crippen molar-refractivity contribution in [2.45, 2.75) is 32.2 Å². The molecule has 0 saturated carbocycles. The second-order valence-corrected chi connectivity index (χ2v) is 4.79. The van der Waals surface area contributed by atoms with Crippen molar-refractivity contribution in [3.8, 4) is 0 Å². The number of benzene rings is 1. The summed E-state index contributed by atoms with van der Waals surface area (Å²) >= 11 is 0. The van der Waals surface area contributed by atoms with Crippen molar-refractivity contribution in [2.24, 2.45) is 0 Å². The van der Waals surface area contributed by atoms with E-state index in [9.17, 15) is 14.7 Å². The molecule has 0 aromatic heterocycles. The molecule has 1 atom stereocenters. The number of hydrogen-bond donors (Lipinski definition) is 2. The van der Waals surface area contributed by atoms with Crippen molar-refractivity contribution in [2.75, 3.05) is 13.6 Å². The number of aliphatic carboxylic acids is 1. The molecule has 1 rings (SSSR count). The van der Waals surface area contributed by atoms with E-state index >= 15 is 0 Å². The van der Waals surface area contributed by atoms with Crippen LogP contribution in [0.15, 0.2) is 30.3 Å². The summed E-state index contributed by atoms with van der Waals surface area (Å²) < 4.78 is 0. The Morgan fingerprint density at radius 1 is 1.30 bits per heavy atom. The summed E-state index contributed by atoms with van der Waals surface area (Å²) in [6.07, 6.45) is 1.84. The van der Waals surface area contributed by atoms with Gasteiger partial charge in [0.15, 0.2) is 0 Å². The van der Waals surface area contributed by atoms with Gasteiger partial charge in [-0.15, -0.1) is 0 Å². The Balaban J connectivity index is 2.52. The minimum atomic E-state index is -1.00. The van der Waals surface area contributed by atoms with Crippen molar-refractivity contribution >= 4 is 12.0 Å². The van der Waals surface area contributed by atoms with Crippen LogP contribution >= 0.6 is 0 Å². The molecule has 5 heteroatoms. The first-order chi connectivity index (χ1) is 9.54. The maximum atomic E-state index is 11.8. The Morgan fingerprint density at radius 3 is 2.50 bits per heavy atom. The first kappa shape index (κ1) is 16.0.